The first-order valence-corrected chi connectivity index (χ1v) is 6.55. The van der Waals surface area contributed by atoms with Crippen molar-refractivity contribution in [3.8, 4) is 0 Å². The molecule has 15 heavy (non-hydrogen) atoms. The van der Waals surface area contributed by atoms with Gasteiger partial charge in [0.1, 0.15) is 5.82 Å². The van der Waals surface area contributed by atoms with E-state index in [1.54, 1.807) is 0 Å². The van der Waals surface area contributed by atoms with Crippen molar-refractivity contribution in [3.05, 3.63) is 17.8 Å². The summed E-state index contributed by atoms with van der Waals surface area (Å²) >= 11 is 1.85. The molecule has 0 aliphatic rings. The van der Waals surface area contributed by atoms with E-state index in [0.717, 1.165) is 29.4 Å². The third-order valence-corrected chi connectivity index (χ3v) is 3.08. The number of anilines is 2. The zero-order chi connectivity index (χ0) is 11.3. The molecule has 0 bridgehead atoms. The average Bonchev–Trinajstić information content (AvgIpc) is 2.23. The zero-order valence-corrected chi connectivity index (χ0v) is 10.4. The van der Waals surface area contributed by atoms with Gasteiger partial charge in [0.15, 0.2) is 0 Å². The molecule has 0 amide bonds. The Balaban J connectivity index is 2.66. The number of aryl methyl sites for hydroxylation is 1. The summed E-state index contributed by atoms with van der Waals surface area (Å²) in [4.78, 5) is 4.40. The van der Waals surface area contributed by atoms with Crippen LogP contribution in [-0.2, 0) is 0 Å². The van der Waals surface area contributed by atoms with Crippen LogP contribution in [0.1, 0.15) is 19.0 Å². The number of thioether (sulfide) groups is 1. The van der Waals surface area contributed by atoms with Crippen molar-refractivity contribution in [2.45, 2.75) is 26.3 Å². The topological polar surface area (TPSA) is 50.9 Å². The predicted molar refractivity (Wildman–Crippen MR) is 69.5 cm³/mol. The van der Waals surface area contributed by atoms with Crippen molar-refractivity contribution in [2.75, 3.05) is 23.1 Å². The fourth-order valence-electron chi connectivity index (χ4n) is 1.32. The lowest BCUT2D eigenvalue weighted by molar-refractivity contribution is 0.769. The van der Waals surface area contributed by atoms with Gasteiger partial charge >= 0.3 is 0 Å². The molecule has 1 rings (SSSR count). The fourth-order valence-corrected chi connectivity index (χ4v) is 2.05. The Hall–Kier alpha value is -0.900. The van der Waals surface area contributed by atoms with Crippen LogP contribution in [0.5, 0.6) is 0 Å². The Morgan fingerprint density at radius 2 is 2.27 bits per heavy atom. The molecular formula is C11H19N3S. The van der Waals surface area contributed by atoms with Crippen molar-refractivity contribution in [3.63, 3.8) is 0 Å². The van der Waals surface area contributed by atoms with Crippen LogP contribution in [0.15, 0.2) is 12.1 Å². The van der Waals surface area contributed by atoms with Crippen LogP contribution in [0.4, 0.5) is 11.5 Å². The van der Waals surface area contributed by atoms with E-state index < -0.39 is 0 Å². The summed E-state index contributed by atoms with van der Waals surface area (Å²) in [5.41, 5.74) is 7.35. The molecule has 0 radical (unpaired) electrons. The molecule has 0 saturated heterocycles. The SMILES string of the molecule is CCC(CSC)Nc1ccc(N)c(C)n1. The van der Waals surface area contributed by atoms with Crippen LogP contribution < -0.4 is 11.1 Å². The third-order valence-electron chi connectivity index (χ3n) is 2.34. The van der Waals surface area contributed by atoms with Gasteiger partial charge in [-0.1, -0.05) is 6.92 Å². The molecule has 1 heterocycles. The number of pyridine rings is 1. The van der Waals surface area contributed by atoms with E-state index in [1.807, 2.05) is 30.8 Å². The lowest BCUT2D eigenvalue weighted by Gasteiger charge is -2.16. The Bertz CT molecular complexity index is 315. The van der Waals surface area contributed by atoms with Crippen LogP contribution in [0.2, 0.25) is 0 Å². The quantitative estimate of drug-likeness (QED) is 0.808. The van der Waals surface area contributed by atoms with Gasteiger partial charge in [-0.2, -0.15) is 11.8 Å². The Morgan fingerprint density at radius 1 is 1.53 bits per heavy atom. The van der Waals surface area contributed by atoms with E-state index in [1.165, 1.54) is 0 Å². The molecule has 0 fully saturated rings. The number of nitrogen functional groups attached to an aromatic ring is 1. The van der Waals surface area contributed by atoms with Crippen molar-refractivity contribution >= 4 is 23.3 Å². The Kier molecular flexibility index (Phi) is 4.75. The highest BCUT2D eigenvalue weighted by atomic mass is 32.2. The second-order valence-electron chi connectivity index (χ2n) is 3.58. The number of rotatable bonds is 5. The van der Waals surface area contributed by atoms with Crippen LogP contribution >= 0.6 is 11.8 Å². The van der Waals surface area contributed by atoms with E-state index in [-0.39, 0.29) is 0 Å². The molecule has 3 nitrogen and oxygen atoms in total. The first-order valence-electron chi connectivity index (χ1n) is 5.16. The Labute approximate surface area is 95.9 Å². The standard InChI is InChI=1S/C11H19N3S/c1-4-9(7-15-3)14-11-6-5-10(12)8(2)13-11/h5-6,9H,4,7,12H2,1-3H3,(H,13,14). The van der Waals surface area contributed by atoms with Crippen molar-refractivity contribution in [1.82, 2.24) is 4.98 Å². The summed E-state index contributed by atoms with van der Waals surface area (Å²) in [5.74, 6) is 2.02. The minimum atomic E-state index is 0.482. The molecule has 0 spiro atoms. The zero-order valence-electron chi connectivity index (χ0n) is 9.58. The van der Waals surface area contributed by atoms with Crippen LogP contribution in [0.3, 0.4) is 0 Å². The molecule has 3 N–H and O–H groups in total. The molecule has 1 atom stereocenters. The second-order valence-corrected chi connectivity index (χ2v) is 4.49. The summed E-state index contributed by atoms with van der Waals surface area (Å²) in [6.07, 6.45) is 3.22. The predicted octanol–water partition coefficient (Wildman–Crippen LogP) is 2.53. The lowest BCUT2D eigenvalue weighted by atomic mass is 10.2. The van der Waals surface area contributed by atoms with E-state index in [0.29, 0.717) is 6.04 Å². The summed E-state index contributed by atoms with van der Waals surface area (Å²) in [6.45, 7) is 4.11. The van der Waals surface area contributed by atoms with Gasteiger partial charge in [-0.05, 0) is 31.7 Å². The van der Waals surface area contributed by atoms with Gasteiger partial charge in [-0.3, -0.25) is 0 Å². The van der Waals surface area contributed by atoms with E-state index >= 15 is 0 Å². The molecule has 1 unspecified atom stereocenters. The average molecular weight is 225 g/mol. The molecule has 0 saturated carbocycles. The van der Waals surface area contributed by atoms with E-state index in [9.17, 15) is 0 Å². The Morgan fingerprint density at radius 3 is 2.80 bits per heavy atom. The number of nitrogens with two attached hydrogens (primary N) is 1. The van der Waals surface area contributed by atoms with Gasteiger partial charge in [0.25, 0.3) is 0 Å². The van der Waals surface area contributed by atoms with Crippen LogP contribution in [-0.4, -0.2) is 23.0 Å². The highest BCUT2D eigenvalue weighted by Crippen LogP contribution is 2.14. The first kappa shape index (κ1) is 12.2. The van der Waals surface area contributed by atoms with Gasteiger partial charge in [-0.15, -0.1) is 0 Å². The summed E-state index contributed by atoms with van der Waals surface area (Å²) in [7, 11) is 0. The van der Waals surface area contributed by atoms with Gasteiger partial charge in [-0.25, -0.2) is 4.98 Å². The second kappa shape index (κ2) is 5.85. The number of nitrogens with one attached hydrogen (secondary N) is 1. The molecule has 0 aromatic carbocycles. The van der Waals surface area contributed by atoms with E-state index in [4.69, 9.17) is 5.73 Å². The largest absolute Gasteiger partial charge is 0.397 e. The van der Waals surface area contributed by atoms with Crippen LogP contribution in [0.25, 0.3) is 0 Å². The smallest absolute Gasteiger partial charge is 0.126 e. The molecular weight excluding hydrogens is 206 g/mol. The van der Waals surface area contributed by atoms with E-state index in [2.05, 4.69) is 23.5 Å². The first-order chi connectivity index (χ1) is 7.17. The highest BCUT2D eigenvalue weighted by Gasteiger charge is 2.06. The highest BCUT2D eigenvalue weighted by molar-refractivity contribution is 7.98. The van der Waals surface area contributed by atoms with Crippen LogP contribution in [0, 0.1) is 6.92 Å². The number of hydrogen-bond acceptors (Lipinski definition) is 4. The fraction of sp³-hybridized carbons (Fsp3) is 0.545. The molecule has 84 valence electrons. The van der Waals surface area contributed by atoms with Crippen molar-refractivity contribution in [2.24, 2.45) is 0 Å². The lowest BCUT2D eigenvalue weighted by Crippen LogP contribution is -2.21. The summed E-state index contributed by atoms with van der Waals surface area (Å²) in [6, 6.07) is 4.32. The monoisotopic (exact) mass is 225 g/mol. The maximum absolute atomic E-state index is 5.72. The minimum absolute atomic E-state index is 0.482. The maximum Gasteiger partial charge on any atom is 0.126 e. The molecule has 1 aromatic rings. The number of aromatic nitrogens is 1. The van der Waals surface area contributed by atoms with Crippen molar-refractivity contribution < 1.29 is 0 Å². The summed E-state index contributed by atoms with van der Waals surface area (Å²) in [5, 5.41) is 3.41. The maximum atomic E-state index is 5.72. The number of nitrogens with zero attached hydrogens (tertiary/aromatic N) is 1. The normalized spacial score (nSPS) is 12.5. The number of hydrogen-bond donors (Lipinski definition) is 2. The van der Waals surface area contributed by atoms with Gasteiger partial charge < -0.3 is 11.1 Å². The van der Waals surface area contributed by atoms with Gasteiger partial charge in [0.2, 0.25) is 0 Å². The van der Waals surface area contributed by atoms with Crippen molar-refractivity contribution in [1.29, 1.82) is 0 Å². The minimum Gasteiger partial charge on any atom is -0.397 e. The van der Waals surface area contributed by atoms with Gasteiger partial charge in [0, 0.05) is 11.8 Å². The molecule has 4 heteroatoms. The molecule has 0 aliphatic heterocycles. The molecule has 0 aliphatic carbocycles. The third kappa shape index (κ3) is 3.63. The molecule has 1 aromatic heterocycles. The van der Waals surface area contributed by atoms with Gasteiger partial charge in [0.05, 0.1) is 11.4 Å². The summed E-state index contributed by atoms with van der Waals surface area (Å²) < 4.78 is 0.